The zero-order valence-electron chi connectivity index (χ0n) is 66.5. The van der Waals surface area contributed by atoms with E-state index < -0.39 is 0 Å². The fourth-order valence-corrected chi connectivity index (χ4v) is 6.50. The smallest absolute Gasteiger partial charge is 0.0135 e. The predicted molar refractivity (Wildman–Crippen MR) is 386 cm³/mol. The van der Waals surface area contributed by atoms with E-state index in [0.717, 1.165) is 53.8 Å². The molecule has 4 unspecified atom stereocenters. The number of terminal acetylenes is 1. The summed E-state index contributed by atoms with van der Waals surface area (Å²) in [5.41, 5.74) is 6.73. The van der Waals surface area contributed by atoms with Crippen LogP contribution in [0.4, 0.5) is 0 Å². The lowest BCUT2D eigenvalue weighted by Crippen LogP contribution is -2.30. The SMILES string of the molecule is C#CCC(C)(C)C.C=C1CC(C(C)C(C)(C)C)C1.CC(C)(C)C(C)(C)C.CC(C)C(C)(C)C.CC(C)C(C)C(C)(C)C.CC(C)CC(C)(C)C.CCC(C)(C)C.CCC(C)C(C)(C)C.CCCC(C)(C)C.CCCC(C)C(C)(C)C. The lowest BCUT2D eigenvalue weighted by molar-refractivity contribution is 0.146. The van der Waals surface area contributed by atoms with Crippen LogP contribution in [-0.4, -0.2) is 0 Å². The van der Waals surface area contributed by atoms with E-state index in [4.69, 9.17) is 6.42 Å². The van der Waals surface area contributed by atoms with Crippen LogP contribution in [0, 0.1) is 119 Å². The van der Waals surface area contributed by atoms with Crippen LogP contribution in [0.1, 0.15) is 390 Å². The molecule has 0 bridgehead atoms. The van der Waals surface area contributed by atoms with Crippen molar-refractivity contribution in [3.05, 3.63) is 12.2 Å². The van der Waals surface area contributed by atoms with E-state index in [1.807, 2.05) is 0 Å². The molecule has 0 aliphatic heterocycles. The third-order valence-corrected chi connectivity index (χ3v) is 17.5. The van der Waals surface area contributed by atoms with Crippen molar-refractivity contribution in [1.29, 1.82) is 0 Å². The first-order valence-electron chi connectivity index (χ1n) is 33.6. The minimum atomic E-state index is 0.314. The molecule has 1 aliphatic rings. The van der Waals surface area contributed by atoms with E-state index in [1.165, 1.54) is 63.4 Å². The Labute approximate surface area is 518 Å². The fraction of sp³-hybridized carbons (Fsp3) is 0.950. The van der Waals surface area contributed by atoms with Crippen molar-refractivity contribution < 1.29 is 0 Å². The Hall–Kier alpha value is -0.700. The maximum absolute atomic E-state index is 5.06. The van der Waals surface area contributed by atoms with E-state index in [9.17, 15) is 0 Å². The van der Waals surface area contributed by atoms with Crippen molar-refractivity contribution in [1.82, 2.24) is 0 Å². The molecule has 0 radical (unpaired) electrons. The monoisotopic (exact) mass is 1130 g/mol. The van der Waals surface area contributed by atoms with Gasteiger partial charge in [-0.15, -0.1) is 12.3 Å². The topological polar surface area (TPSA) is 0 Å². The van der Waals surface area contributed by atoms with Gasteiger partial charge in [-0.05, 0) is 133 Å². The molecule has 1 rings (SSSR count). The van der Waals surface area contributed by atoms with Gasteiger partial charge in [0.2, 0.25) is 0 Å². The normalized spacial score (nSPS) is 15.1. The third-order valence-electron chi connectivity index (χ3n) is 17.5. The van der Waals surface area contributed by atoms with Crippen LogP contribution in [0.15, 0.2) is 12.2 Å². The van der Waals surface area contributed by atoms with Gasteiger partial charge in [-0.2, -0.15) is 0 Å². The average molecular weight is 1130 g/mol. The zero-order valence-corrected chi connectivity index (χ0v) is 66.5. The van der Waals surface area contributed by atoms with Crippen molar-refractivity contribution in [2.45, 2.75) is 390 Å². The Kier molecular flexibility index (Phi) is 53.9. The predicted octanol–water partition coefficient (Wildman–Crippen LogP) is 29.7. The highest BCUT2D eigenvalue weighted by Crippen LogP contribution is 2.44. The summed E-state index contributed by atoms with van der Waals surface area (Å²) in [6.07, 6.45) is 17.7. The van der Waals surface area contributed by atoms with Crippen LogP contribution in [0.5, 0.6) is 0 Å². The van der Waals surface area contributed by atoms with Gasteiger partial charge in [-0.1, -0.05) is 370 Å². The molecular formula is C80H172. The van der Waals surface area contributed by atoms with Gasteiger partial charge in [-0.3, -0.25) is 0 Å². The van der Waals surface area contributed by atoms with Gasteiger partial charge in [0.1, 0.15) is 0 Å². The maximum Gasteiger partial charge on any atom is 0.0135 e. The van der Waals surface area contributed by atoms with Gasteiger partial charge in [0.15, 0.2) is 0 Å². The molecule has 0 heteroatoms. The summed E-state index contributed by atoms with van der Waals surface area (Å²) in [5.74, 6) is 9.35. The highest BCUT2D eigenvalue weighted by molar-refractivity contribution is 5.09. The van der Waals surface area contributed by atoms with Crippen LogP contribution in [0.25, 0.3) is 0 Å². The van der Waals surface area contributed by atoms with E-state index >= 15 is 0 Å². The number of hydrogen-bond acceptors (Lipinski definition) is 0. The summed E-state index contributed by atoms with van der Waals surface area (Å²) in [7, 11) is 0. The largest absolute Gasteiger partial charge is 0.120 e. The third kappa shape index (κ3) is 79.4. The number of rotatable bonds is 7. The molecule has 1 aliphatic carbocycles. The molecule has 0 aromatic carbocycles. The molecule has 0 spiro atoms. The first kappa shape index (κ1) is 98.4. The molecule has 4 atom stereocenters. The molecule has 0 N–H and O–H groups in total. The summed E-state index contributed by atoms with van der Waals surface area (Å²) in [5, 5.41) is 0. The molecule has 492 valence electrons. The Morgan fingerprint density at radius 3 is 0.812 bits per heavy atom. The van der Waals surface area contributed by atoms with Gasteiger partial charge >= 0.3 is 0 Å². The van der Waals surface area contributed by atoms with E-state index in [-0.39, 0.29) is 0 Å². The second-order valence-electron chi connectivity index (χ2n) is 38.5. The first-order valence-corrected chi connectivity index (χ1v) is 33.6. The molecule has 0 aromatic rings. The van der Waals surface area contributed by atoms with Gasteiger partial charge in [0.05, 0.1) is 0 Å². The molecule has 0 amide bonds. The average Bonchev–Trinajstić information content (AvgIpc) is 3.16. The van der Waals surface area contributed by atoms with Crippen LogP contribution < -0.4 is 0 Å². The van der Waals surface area contributed by atoms with Gasteiger partial charge < -0.3 is 0 Å². The Morgan fingerprint density at radius 1 is 0.438 bits per heavy atom. The molecule has 80 heavy (non-hydrogen) atoms. The first-order chi connectivity index (χ1) is 34.5. The standard InChI is InChI=1S/C11H20.2C9H20.3C8H18.2C7H16.C7H12.C6H14/c1-8-6-10(7-8)9(2)11(3,4)5;1-7(2)8(3)9(4,5)6;1-6-7-8(2)9(3,4)5;1-7(2)6-8(3,4)5;1-7(2,3)8(4,5)6;1-6-7(2)8(3,4)5;1-6(2)7(3,4)5;2*1-5-6-7(2,3)4;1-5-6(2,3)4/h9-10H,1,6-7H2,2-5H3;7-8H,1-6H3;8H,6-7H2,1-5H3;7H,6H2,1-5H3;1-6H3;7H,6H2,1-5H3;6H,1-5H3;5-6H2,1-4H3;1H,6H2,2-4H3;5H2,1-4H3. The van der Waals surface area contributed by atoms with Crippen molar-refractivity contribution >= 4 is 0 Å². The Bertz CT molecular complexity index is 1380. The lowest BCUT2D eigenvalue weighted by Gasteiger charge is -2.40. The highest BCUT2D eigenvalue weighted by Gasteiger charge is 2.33. The quantitative estimate of drug-likeness (QED) is 0.176. The maximum atomic E-state index is 5.06. The Balaban J connectivity index is -0.000000100. The molecule has 0 heterocycles. The van der Waals surface area contributed by atoms with Crippen LogP contribution >= 0.6 is 0 Å². The van der Waals surface area contributed by atoms with Crippen LogP contribution in [-0.2, 0) is 0 Å². The van der Waals surface area contributed by atoms with Gasteiger partial charge in [-0.25, -0.2) is 0 Å². The molecule has 1 fully saturated rings. The van der Waals surface area contributed by atoms with Crippen LogP contribution in [0.2, 0.25) is 0 Å². The number of allylic oxidation sites excluding steroid dienone is 1. The second-order valence-corrected chi connectivity index (χ2v) is 38.5. The minimum absolute atomic E-state index is 0.314. The Morgan fingerprint density at radius 2 is 0.762 bits per heavy atom. The van der Waals surface area contributed by atoms with Gasteiger partial charge in [0, 0.05) is 6.42 Å². The summed E-state index contributed by atoms with van der Waals surface area (Å²) < 4.78 is 0. The molecule has 1 saturated carbocycles. The molecule has 0 saturated heterocycles. The molecule has 0 aromatic heterocycles. The van der Waals surface area contributed by atoms with Gasteiger partial charge in [0.25, 0.3) is 0 Å². The highest BCUT2D eigenvalue weighted by atomic mass is 14.4. The van der Waals surface area contributed by atoms with E-state index in [2.05, 4.69) is 338 Å². The van der Waals surface area contributed by atoms with Crippen molar-refractivity contribution in [3.63, 3.8) is 0 Å². The van der Waals surface area contributed by atoms with E-state index in [0.29, 0.717) is 59.6 Å². The zero-order chi connectivity index (χ0) is 67.5. The van der Waals surface area contributed by atoms with Crippen LogP contribution in [0.3, 0.4) is 0 Å². The summed E-state index contributed by atoms with van der Waals surface area (Å²) in [4.78, 5) is 0. The second kappa shape index (κ2) is 43.8. The lowest BCUT2D eigenvalue weighted by atomic mass is 9.65. The number of hydrogen-bond donors (Lipinski definition) is 0. The minimum Gasteiger partial charge on any atom is -0.120 e. The summed E-state index contributed by atoms with van der Waals surface area (Å²) in [6, 6.07) is 0. The molecular weight excluding hydrogens is 961 g/mol. The van der Waals surface area contributed by atoms with E-state index in [1.54, 1.807) is 0 Å². The van der Waals surface area contributed by atoms with Crippen molar-refractivity contribution in [3.8, 4) is 12.3 Å². The fourth-order valence-electron chi connectivity index (χ4n) is 6.50. The van der Waals surface area contributed by atoms with Crippen molar-refractivity contribution in [2.75, 3.05) is 0 Å². The summed E-state index contributed by atoms with van der Waals surface area (Å²) >= 11 is 0. The molecule has 0 nitrogen and oxygen atoms in total. The summed E-state index contributed by atoms with van der Waals surface area (Å²) in [6.45, 7) is 111. The van der Waals surface area contributed by atoms with Crippen molar-refractivity contribution in [2.24, 2.45) is 107 Å².